The standard InChI is InChI=1S/C21H33N3O6S/c1-7-31(27,28)22-17-8-9-19-18(10-17)21(26)23(5)12-20(29-6)14(2)11-24(16(4)25)15(3)13-30-19/h8-10,14-15,20,22H,7,11-13H2,1-6H3/t14-,15+,20+/m1/s1. The molecular weight excluding hydrogens is 422 g/mol. The van der Waals surface area contributed by atoms with Gasteiger partial charge in [0.05, 0.1) is 23.5 Å². The zero-order chi connectivity index (χ0) is 23.3. The summed E-state index contributed by atoms with van der Waals surface area (Å²) in [7, 11) is -0.253. The third kappa shape index (κ3) is 6.33. The molecule has 0 bridgehead atoms. The molecule has 1 aromatic rings. The number of fused-ring (bicyclic) bond motifs is 1. The summed E-state index contributed by atoms with van der Waals surface area (Å²) in [6.07, 6.45) is -0.284. The van der Waals surface area contributed by atoms with Gasteiger partial charge in [0.1, 0.15) is 12.4 Å². The van der Waals surface area contributed by atoms with E-state index in [1.807, 2.05) is 13.8 Å². The maximum absolute atomic E-state index is 13.2. The lowest BCUT2D eigenvalue weighted by molar-refractivity contribution is -0.133. The largest absolute Gasteiger partial charge is 0.491 e. The Kier molecular flexibility index (Phi) is 8.30. The number of amides is 2. The lowest BCUT2D eigenvalue weighted by Gasteiger charge is -2.35. The Morgan fingerprint density at radius 3 is 2.55 bits per heavy atom. The van der Waals surface area contributed by atoms with Crippen molar-refractivity contribution in [2.45, 2.75) is 39.8 Å². The Bertz CT molecular complexity index is 904. The molecule has 0 radical (unpaired) electrons. The van der Waals surface area contributed by atoms with Crippen LogP contribution >= 0.6 is 0 Å². The number of methoxy groups -OCH3 is 1. The number of nitrogens with one attached hydrogen (secondary N) is 1. The molecule has 0 spiro atoms. The third-order valence-electron chi connectivity index (χ3n) is 5.50. The number of rotatable bonds is 4. The van der Waals surface area contributed by atoms with Crippen LogP contribution in [-0.4, -0.2) is 81.8 Å². The number of carbonyl (C=O) groups excluding carboxylic acids is 2. The molecule has 31 heavy (non-hydrogen) atoms. The van der Waals surface area contributed by atoms with E-state index in [0.717, 1.165) is 0 Å². The number of sulfonamides is 1. The summed E-state index contributed by atoms with van der Waals surface area (Å²) in [6.45, 7) is 7.89. The van der Waals surface area contributed by atoms with Gasteiger partial charge in [0.25, 0.3) is 5.91 Å². The Morgan fingerprint density at radius 1 is 1.29 bits per heavy atom. The number of hydrogen-bond donors (Lipinski definition) is 1. The van der Waals surface area contributed by atoms with Gasteiger partial charge in [0.2, 0.25) is 15.9 Å². The van der Waals surface area contributed by atoms with Crippen LogP contribution in [0.25, 0.3) is 0 Å². The van der Waals surface area contributed by atoms with Gasteiger partial charge in [-0.1, -0.05) is 6.92 Å². The van der Waals surface area contributed by atoms with Crippen molar-refractivity contribution in [1.82, 2.24) is 9.80 Å². The highest BCUT2D eigenvalue weighted by molar-refractivity contribution is 7.92. The van der Waals surface area contributed by atoms with E-state index in [4.69, 9.17) is 9.47 Å². The summed E-state index contributed by atoms with van der Waals surface area (Å²) in [5.74, 6) is -0.148. The number of nitrogens with zero attached hydrogens (tertiary/aromatic N) is 2. The van der Waals surface area contributed by atoms with E-state index < -0.39 is 10.0 Å². The average molecular weight is 456 g/mol. The Morgan fingerprint density at radius 2 is 1.97 bits per heavy atom. The first-order valence-electron chi connectivity index (χ1n) is 10.3. The van der Waals surface area contributed by atoms with E-state index in [0.29, 0.717) is 18.8 Å². The van der Waals surface area contributed by atoms with Crippen molar-refractivity contribution < 1.29 is 27.5 Å². The highest BCUT2D eigenvalue weighted by Crippen LogP contribution is 2.27. The number of anilines is 1. The fourth-order valence-electron chi connectivity index (χ4n) is 3.53. The van der Waals surface area contributed by atoms with Gasteiger partial charge in [-0.05, 0) is 32.0 Å². The molecule has 3 atom stereocenters. The van der Waals surface area contributed by atoms with Crippen LogP contribution < -0.4 is 9.46 Å². The van der Waals surface area contributed by atoms with Crippen molar-refractivity contribution in [3.63, 3.8) is 0 Å². The highest BCUT2D eigenvalue weighted by atomic mass is 32.2. The highest BCUT2D eigenvalue weighted by Gasteiger charge is 2.29. The summed E-state index contributed by atoms with van der Waals surface area (Å²) in [5, 5.41) is 0. The first-order chi connectivity index (χ1) is 14.5. The molecule has 1 aromatic carbocycles. The number of likely N-dealkylation sites (N-methyl/N-ethyl adjacent to an activating group) is 1. The molecule has 0 fully saturated rings. The van der Waals surface area contributed by atoms with Crippen LogP contribution in [-0.2, 0) is 19.6 Å². The second kappa shape index (κ2) is 10.3. The van der Waals surface area contributed by atoms with Gasteiger partial charge in [-0.2, -0.15) is 0 Å². The van der Waals surface area contributed by atoms with Crippen molar-refractivity contribution in [2.24, 2.45) is 5.92 Å². The molecule has 0 aliphatic carbocycles. The predicted molar refractivity (Wildman–Crippen MR) is 119 cm³/mol. The summed E-state index contributed by atoms with van der Waals surface area (Å²) < 4.78 is 37.9. The second-order valence-corrected chi connectivity index (χ2v) is 10.00. The molecule has 1 aliphatic rings. The van der Waals surface area contributed by atoms with E-state index in [9.17, 15) is 18.0 Å². The summed E-state index contributed by atoms with van der Waals surface area (Å²) >= 11 is 0. The quantitative estimate of drug-likeness (QED) is 0.742. The van der Waals surface area contributed by atoms with E-state index in [-0.39, 0.29) is 53.5 Å². The normalized spacial score (nSPS) is 23.3. The monoisotopic (exact) mass is 455 g/mol. The van der Waals surface area contributed by atoms with Crippen LogP contribution in [0.2, 0.25) is 0 Å². The van der Waals surface area contributed by atoms with Crippen molar-refractivity contribution in [3.8, 4) is 5.75 Å². The minimum absolute atomic E-state index is 0.0202. The smallest absolute Gasteiger partial charge is 0.257 e. The molecular formula is C21H33N3O6S. The summed E-state index contributed by atoms with van der Waals surface area (Å²) in [5.41, 5.74) is 0.525. The first-order valence-corrected chi connectivity index (χ1v) is 12.0. The number of carbonyl (C=O) groups is 2. The van der Waals surface area contributed by atoms with Gasteiger partial charge >= 0.3 is 0 Å². The predicted octanol–water partition coefficient (Wildman–Crippen LogP) is 1.80. The van der Waals surface area contributed by atoms with Gasteiger partial charge in [0, 0.05) is 45.8 Å². The summed E-state index contributed by atoms with van der Waals surface area (Å²) in [6, 6.07) is 4.38. The maximum Gasteiger partial charge on any atom is 0.257 e. The van der Waals surface area contributed by atoms with E-state index in [1.54, 1.807) is 31.2 Å². The molecule has 1 aliphatic heterocycles. The molecule has 2 rings (SSSR count). The minimum atomic E-state index is -3.50. The van der Waals surface area contributed by atoms with Crippen molar-refractivity contribution >= 4 is 27.5 Å². The van der Waals surface area contributed by atoms with Crippen molar-refractivity contribution in [2.75, 3.05) is 44.3 Å². The van der Waals surface area contributed by atoms with Crippen LogP contribution in [0.15, 0.2) is 18.2 Å². The van der Waals surface area contributed by atoms with Crippen LogP contribution in [0, 0.1) is 5.92 Å². The lowest BCUT2D eigenvalue weighted by atomic mass is 10.0. The molecule has 10 heteroatoms. The van der Waals surface area contributed by atoms with Crippen molar-refractivity contribution in [1.29, 1.82) is 0 Å². The zero-order valence-electron chi connectivity index (χ0n) is 19.0. The van der Waals surface area contributed by atoms with E-state index in [1.165, 1.54) is 24.8 Å². The first kappa shape index (κ1) is 24.9. The van der Waals surface area contributed by atoms with Gasteiger partial charge in [-0.3, -0.25) is 14.3 Å². The lowest BCUT2D eigenvalue weighted by Crippen LogP contribution is -2.48. The molecule has 0 saturated carbocycles. The van der Waals surface area contributed by atoms with Crippen LogP contribution in [0.5, 0.6) is 5.75 Å². The van der Waals surface area contributed by atoms with Crippen molar-refractivity contribution in [3.05, 3.63) is 23.8 Å². The molecule has 9 nitrogen and oxygen atoms in total. The second-order valence-electron chi connectivity index (χ2n) is 7.98. The van der Waals surface area contributed by atoms with E-state index >= 15 is 0 Å². The van der Waals surface area contributed by atoms with Gasteiger partial charge < -0.3 is 19.3 Å². The SMILES string of the molecule is CCS(=O)(=O)Nc1ccc2c(c1)C(=O)N(C)C[C@H](OC)[C@H](C)CN(C(C)=O)[C@@H](C)CO2. The van der Waals surface area contributed by atoms with Crippen LogP contribution in [0.4, 0.5) is 5.69 Å². The number of benzene rings is 1. The van der Waals surface area contributed by atoms with Crippen LogP contribution in [0.1, 0.15) is 38.1 Å². The summed E-state index contributed by atoms with van der Waals surface area (Å²) in [4.78, 5) is 28.7. The topological polar surface area (TPSA) is 105 Å². The zero-order valence-corrected chi connectivity index (χ0v) is 19.9. The molecule has 2 amide bonds. The molecule has 0 aromatic heterocycles. The van der Waals surface area contributed by atoms with Crippen LogP contribution in [0.3, 0.4) is 0 Å². The average Bonchev–Trinajstić information content (AvgIpc) is 2.72. The molecule has 1 N–H and O–H groups in total. The maximum atomic E-state index is 13.2. The molecule has 0 unspecified atom stereocenters. The van der Waals surface area contributed by atoms with Gasteiger partial charge in [-0.15, -0.1) is 0 Å². The third-order valence-corrected chi connectivity index (χ3v) is 6.81. The van der Waals surface area contributed by atoms with E-state index in [2.05, 4.69) is 4.72 Å². The molecule has 174 valence electrons. The van der Waals surface area contributed by atoms with Gasteiger partial charge in [-0.25, -0.2) is 8.42 Å². The Hall–Kier alpha value is -2.33. The fraction of sp³-hybridized carbons (Fsp3) is 0.619. The fourth-order valence-corrected chi connectivity index (χ4v) is 4.16. The molecule has 0 saturated heterocycles. The Labute approximate surface area is 184 Å². The van der Waals surface area contributed by atoms with Gasteiger partial charge in [0.15, 0.2) is 0 Å². The number of ether oxygens (including phenoxy) is 2. The molecule has 1 heterocycles. The number of hydrogen-bond acceptors (Lipinski definition) is 6. The minimum Gasteiger partial charge on any atom is -0.491 e. The Balaban J connectivity index is 2.48.